The Morgan fingerprint density at radius 3 is 2.73 bits per heavy atom. The predicted octanol–water partition coefficient (Wildman–Crippen LogP) is 3.01. The number of benzene rings is 1. The largest absolute Gasteiger partial charge is 0.359 e. The van der Waals surface area contributed by atoms with Gasteiger partial charge in [0.05, 0.1) is 12.1 Å². The Bertz CT molecular complexity index is 857. The molecule has 3 rings (SSSR count). The van der Waals surface area contributed by atoms with Crippen molar-refractivity contribution in [3.05, 3.63) is 46.9 Å². The Balaban J connectivity index is 1.77. The van der Waals surface area contributed by atoms with Crippen molar-refractivity contribution in [2.75, 3.05) is 5.32 Å². The predicted molar refractivity (Wildman–Crippen MR) is 88.1 cm³/mol. The summed E-state index contributed by atoms with van der Waals surface area (Å²) in [6.45, 7) is 5.94. The molecule has 0 aliphatic carbocycles. The van der Waals surface area contributed by atoms with Crippen molar-refractivity contribution in [1.82, 2.24) is 14.8 Å². The van der Waals surface area contributed by atoms with Crippen LogP contribution in [0.2, 0.25) is 0 Å². The van der Waals surface area contributed by atoms with Crippen LogP contribution in [-0.4, -0.2) is 20.7 Å². The number of hydrogen-bond acceptors (Lipinski definition) is 2. The molecule has 0 unspecified atom stereocenters. The SMILES string of the molecule is Cc1cc2cc(NC(=O)Cc3c(C)nn(C)c3C)ccc2[nH]1. The summed E-state index contributed by atoms with van der Waals surface area (Å²) in [5, 5.41) is 8.41. The van der Waals surface area contributed by atoms with Gasteiger partial charge in [0.25, 0.3) is 0 Å². The lowest BCUT2D eigenvalue weighted by atomic mass is 10.1. The number of H-pyrrole nitrogens is 1. The average Bonchev–Trinajstić information content (AvgIpc) is 2.92. The monoisotopic (exact) mass is 296 g/mol. The highest BCUT2D eigenvalue weighted by molar-refractivity contribution is 5.95. The van der Waals surface area contributed by atoms with E-state index in [1.807, 2.05) is 50.7 Å². The Morgan fingerprint density at radius 2 is 2.05 bits per heavy atom. The molecule has 0 spiro atoms. The number of hydrogen-bond donors (Lipinski definition) is 2. The summed E-state index contributed by atoms with van der Waals surface area (Å²) in [4.78, 5) is 15.6. The van der Waals surface area contributed by atoms with Crippen LogP contribution in [-0.2, 0) is 18.3 Å². The lowest BCUT2D eigenvalue weighted by Crippen LogP contribution is -2.15. The molecule has 0 aliphatic rings. The molecule has 0 saturated heterocycles. The average molecular weight is 296 g/mol. The molecule has 2 aromatic heterocycles. The van der Waals surface area contributed by atoms with Gasteiger partial charge >= 0.3 is 0 Å². The van der Waals surface area contributed by atoms with E-state index in [1.165, 1.54) is 0 Å². The van der Waals surface area contributed by atoms with E-state index in [-0.39, 0.29) is 5.91 Å². The summed E-state index contributed by atoms with van der Waals surface area (Å²) in [6.07, 6.45) is 0.343. The van der Waals surface area contributed by atoms with Crippen LogP contribution >= 0.6 is 0 Å². The number of fused-ring (bicyclic) bond motifs is 1. The number of anilines is 1. The molecule has 1 amide bonds. The molecular formula is C17H20N4O. The van der Waals surface area contributed by atoms with Gasteiger partial charge in [0.1, 0.15) is 0 Å². The highest BCUT2D eigenvalue weighted by Crippen LogP contribution is 2.20. The van der Waals surface area contributed by atoms with Crippen molar-refractivity contribution < 1.29 is 4.79 Å². The van der Waals surface area contributed by atoms with Gasteiger partial charge < -0.3 is 10.3 Å². The van der Waals surface area contributed by atoms with Crippen LogP contribution in [0.4, 0.5) is 5.69 Å². The molecule has 0 saturated carbocycles. The molecule has 1 aromatic carbocycles. The Kier molecular flexibility index (Phi) is 3.48. The van der Waals surface area contributed by atoms with E-state index in [2.05, 4.69) is 21.5 Å². The first-order valence-electron chi connectivity index (χ1n) is 7.32. The number of amides is 1. The van der Waals surface area contributed by atoms with Crippen molar-refractivity contribution in [3.8, 4) is 0 Å². The highest BCUT2D eigenvalue weighted by Gasteiger charge is 2.13. The zero-order chi connectivity index (χ0) is 15.9. The van der Waals surface area contributed by atoms with Crippen molar-refractivity contribution in [3.63, 3.8) is 0 Å². The minimum absolute atomic E-state index is 0.0224. The maximum absolute atomic E-state index is 12.3. The molecule has 3 aromatic rings. The Morgan fingerprint density at radius 1 is 1.27 bits per heavy atom. The molecule has 0 radical (unpaired) electrons. The van der Waals surface area contributed by atoms with E-state index in [1.54, 1.807) is 0 Å². The molecule has 22 heavy (non-hydrogen) atoms. The molecular weight excluding hydrogens is 276 g/mol. The molecule has 0 aliphatic heterocycles. The summed E-state index contributed by atoms with van der Waals surface area (Å²) in [5.41, 5.74) is 5.94. The first-order chi connectivity index (χ1) is 10.4. The van der Waals surface area contributed by atoms with Crippen LogP contribution in [0.15, 0.2) is 24.3 Å². The van der Waals surface area contributed by atoms with Crippen molar-refractivity contribution in [1.29, 1.82) is 0 Å². The van der Waals surface area contributed by atoms with Gasteiger partial charge in [-0.15, -0.1) is 0 Å². The van der Waals surface area contributed by atoms with Crippen LogP contribution < -0.4 is 5.32 Å². The zero-order valence-electron chi connectivity index (χ0n) is 13.3. The second kappa shape index (κ2) is 5.33. The van der Waals surface area contributed by atoms with E-state index in [0.29, 0.717) is 6.42 Å². The van der Waals surface area contributed by atoms with E-state index in [9.17, 15) is 4.79 Å². The van der Waals surface area contributed by atoms with E-state index in [4.69, 9.17) is 0 Å². The Labute approximate surface area is 129 Å². The fourth-order valence-electron chi connectivity index (χ4n) is 2.79. The van der Waals surface area contributed by atoms with Gasteiger partial charge in [-0.3, -0.25) is 9.48 Å². The molecule has 2 heterocycles. The fourth-order valence-corrected chi connectivity index (χ4v) is 2.79. The first kappa shape index (κ1) is 14.4. The molecule has 114 valence electrons. The number of carbonyl (C=O) groups excluding carboxylic acids is 1. The minimum atomic E-state index is -0.0224. The smallest absolute Gasteiger partial charge is 0.228 e. The lowest BCUT2D eigenvalue weighted by molar-refractivity contribution is -0.115. The number of aromatic nitrogens is 3. The zero-order valence-corrected chi connectivity index (χ0v) is 13.3. The van der Waals surface area contributed by atoms with Gasteiger partial charge in [-0.2, -0.15) is 5.10 Å². The standard InChI is InChI=1S/C17H20N4O/c1-10-7-13-8-14(5-6-16(13)18-10)19-17(22)9-15-11(2)20-21(4)12(15)3/h5-8,18H,9H2,1-4H3,(H,19,22). The van der Waals surface area contributed by atoms with Crippen LogP contribution in [0.3, 0.4) is 0 Å². The number of carbonyl (C=O) groups is 1. The van der Waals surface area contributed by atoms with Crippen molar-refractivity contribution in [2.24, 2.45) is 7.05 Å². The first-order valence-corrected chi connectivity index (χ1v) is 7.32. The Hall–Kier alpha value is -2.56. The third-order valence-corrected chi connectivity index (χ3v) is 4.04. The molecule has 2 N–H and O–H groups in total. The molecule has 0 fully saturated rings. The van der Waals surface area contributed by atoms with E-state index in [0.717, 1.165) is 39.2 Å². The topological polar surface area (TPSA) is 62.7 Å². The summed E-state index contributed by atoms with van der Waals surface area (Å²) in [5.74, 6) is -0.0224. The number of rotatable bonds is 3. The fraction of sp³-hybridized carbons (Fsp3) is 0.294. The number of aryl methyl sites for hydroxylation is 3. The van der Waals surface area contributed by atoms with Gasteiger partial charge in [0.15, 0.2) is 0 Å². The van der Waals surface area contributed by atoms with E-state index < -0.39 is 0 Å². The summed E-state index contributed by atoms with van der Waals surface area (Å²) < 4.78 is 1.81. The second-order valence-corrected chi connectivity index (χ2v) is 5.75. The normalized spacial score (nSPS) is 11.1. The van der Waals surface area contributed by atoms with Crippen LogP contribution in [0.5, 0.6) is 0 Å². The summed E-state index contributed by atoms with van der Waals surface area (Å²) in [7, 11) is 1.89. The maximum atomic E-state index is 12.3. The van der Waals surface area contributed by atoms with Crippen LogP contribution in [0.1, 0.15) is 22.6 Å². The molecule has 0 atom stereocenters. The number of nitrogens with one attached hydrogen (secondary N) is 2. The summed E-state index contributed by atoms with van der Waals surface area (Å²) >= 11 is 0. The van der Waals surface area contributed by atoms with Gasteiger partial charge in [0.2, 0.25) is 5.91 Å². The van der Waals surface area contributed by atoms with Crippen molar-refractivity contribution in [2.45, 2.75) is 27.2 Å². The van der Waals surface area contributed by atoms with E-state index >= 15 is 0 Å². The van der Waals surface area contributed by atoms with Gasteiger partial charge in [0, 0.05) is 40.6 Å². The van der Waals surface area contributed by atoms with Gasteiger partial charge in [-0.05, 0) is 45.0 Å². The lowest BCUT2D eigenvalue weighted by Gasteiger charge is -2.06. The highest BCUT2D eigenvalue weighted by atomic mass is 16.1. The third-order valence-electron chi connectivity index (χ3n) is 4.04. The minimum Gasteiger partial charge on any atom is -0.359 e. The summed E-state index contributed by atoms with van der Waals surface area (Å²) in [6, 6.07) is 7.96. The molecule has 5 heteroatoms. The quantitative estimate of drug-likeness (QED) is 0.780. The van der Waals surface area contributed by atoms with Crippen LogP contribution in [0.25, 0.3) is 10.9 Å². The van der Waals surface area contributed by atoms with Crippen molar-refractivity contribution >= 4 is 22.5 Å². The molecule has 5 nitrogen and oxygen atoms in total. The second-order valence-electron chi connectivity index (χ2n) is 5.75. The molecule has 0 bridgehead atoms. The number of aromatic amines is 1. The number of nitrogens with zero attached hydrogens (tertiary/aromatic N) is 2. The van der Waals surface area contributed by atoms with Gasteiger partial charge in [-0.25, -0.2) is 0 Å². The van der Waals surface area contributed by atoms with Gasteiger partial charge in [-0.1, -0.05) is 0 Å². The third kappa shape index (κ3) is 2.62. The maximum Gasteiger partial charge on any atom is 0.228 e. The van der Waals surface area contributed by atoms with Crippen LogP contribution in [0, 0.1) is 20.8 Å².